The molecule has 0 aromatic heterocycles. The van der Waals surface area contributed by atoms with Crippen LogP contribution in [0.1, 0.15) is 239 Å². The number of hydrogen-bond acceptors (Lipinski definition) is 6. The standard InChI is InChI=1S/C49H95N2O6P/c1-3-5-7-9-11-13-15-17-19-21-23-24-25-27-29-31-33-35-37-39-41-43-49(53)51-47(46-57-58(54,55)56-45-44-50)48(52)42-40-38-36-34-32-30-28-26-22-20-18-16-14-12-10-8-6-4-2/h21,23,32,34,40,42,47-48,52H,3-20,22,24-31,33,35-39,41,43-46,50H2,1-2H3,(H,51,53)(H,54,55)/b23-21-,34-32+,42-40+. The molecule has 9 heteroatoms. The maximum absolute atomic E-state index is 12.8. The van der Waals surface area contributed by atoms with E-state index in [0.29, 0.717) is 6.42 Å². The third-order valence-corrected chi connectivity index (χ3v) is 11.9. The summed E-state index contributed by atoms with van der Waals surface area (Å²) < 4.78 is 22.2. The Bertz CT molecular complexity index is 1010. The summed E-state index contributed by atoms with van der Waals surface area (Å²) in [6, 6.07) is -0.877. The lowest BCUT2D eigenvalue weighted by Crippen LogP contribution is -2.45. The van der Waals surface area contributed by atoms with Crippen LogP contribution in [0.15, 0.2) is 36.5 Å². The number of nitrogens with one attached hydrogen (secondary N) is 1. The maximum Gasteiger partial charge on any atom is 0.472 e. The van der Waals surface area contributed by atoms with E-state index < -0.39 is 20.0 Å². The van der Waals surface area contributed by atoms with Crippen molar-refractivity contribution in [2.45, 2.75) is 251 Å². The first-order valence-corrected chi connectivity index (χ1v) is 26.1. The lowest BCUT2D eigenvalue weighted by atomic mass is 10.0. The van der Waals surface area contributed by atoms with Gasteiger partial charge in [-0.2, -0.15) is 0 Å². The maximum atomic E-state index is 12.8. The van der Waals surface area contributed by atoms with Crippen LogP contribution in [0.3, 0.4) is 0 Å². The topological polar surface area (TPSA) is 131 Å². The summed E-state index contributed by atoms with van der Waals surface area (Å²) >= 11 is 0. The Labute approximate surface area is 359 Å². The Hall–Kier alpha value is -1.28. The molecule has 342 valence electrons. The summed E-state index contributed by atoms with van der Waals surface area (Å²) in [5.41, 5.74) is 5.38. The zero-order valence-corrected chi connectivity index (χ0v) is 38.9. The minimum Gasteiger partial charge on any atom is -0.387 e. The fourth-order valence-corrected chi connectivity index (χ4v) is 7.96. The predicted molar refractivity (Wildman–Crippen MR) is 249 cm³/mol. The van der Waals surface area contributed by atoms with E-state index >= 15 is 0 Å². The molecule has 3 atom stereocenters. The van der Waals surface area contributed by atoms with E-state index in [1.54, 1.807) is 6.08 Å². The van der Waals surface area contributed by atoms with Crippen LogP contribution in [0.5, 0.6) is 0 Å². The van der Waals surface area contributed by atoms with Gasteiger partial charge in [0.05, 0.1) is 25.4 Å². The molecule has 0 aliphatic carbocycles. The first-order chi connectivity index (χ1) is 28.4. The molecule has 0 aromatic rings. The summed E-state index contributed by atoms with van der Waals surface area (Å²) in [5, 5.41) is 13.7. The molecule has 0 radical (unpaired) electrons. The highest BCUT2D eigenvalue weighted by molar-refractivity contribution is 7.47. The Morgan fingerprint density at radius 1 is 0.552 bits per heavy atom. The van der Waals surface area contributed by atoms with E-state index in [4.69, 9.17) is 14.8 Å². The van der Waals surface area contributed by atoms with Crippen LogP contribution in [0.4, 0.5) is 0 Å². The predicted octanol–water partition coefficient (Wildman–Crippen LogP) is 14.3. The molecule has 5 N–H and O–H groups in total. The van der Waals surface area contributed by atoms with Crippen LogP contribution in [0, 0.1) is 0 Å². The number of aliphatic hydroxyl groups excluding tert-OH is 1. The van der Waals surface area contributed by atoms with Crippen molar-refractivity contribution in [1.82, 2.24) is 5.32 Å². The summed E-state index contributed by atoms with van der Waals surface area (Å²) in [6.07, 6.45) is 54.9. The molecule has 0 aliphatic heterocycles. The monoisotopic (exact) mass is 839 g/mol. The average Bonchev–Trinajstić information content (AvgIpc) is 3.21. The van der Waals surface area contributed by atoms with Gasteiger partial charge in [0.25, 0.3) is 0 Å². The second-order valence-electron chi connectivity index (χ2n) is 16.7. The molecule has 0 saturated heterocycles. The van der Waals surface area contributed by atoms with E-state index in [-0.39, 0.29) is 25.7 Å². The van der Waals surface area contributed by atoms with Crippen LogP contribution < -0.4 is 11.1 Å². The van der Waals surface area contributed by atoms with Gasteiger partial charge < -0.3 is 21.1 Å². The lowest BCUT2D eigenvalue weighted by molar-refractivity contribution is -0.123. The number of hydrogen-bond donors (Lipinski definition) is 4. The quantitative estimate of drug-likeness (QED) is 0.0273. The van der Waals surface area contributed by atoms with Crippen molar-refractivity contribution >= 4 is 13.7 Å². The highest BCUT2D eigenvalue weighted by Gasteiger charge is 2.26. The molecule has 0 bridgehead atoms. The van der Waals surface area contributed by atoms with E-state index in [1.165, 1.54) is 180 Å². The second kappa shape index (κ2) is 45.3. The molecule has 3 unspecified atom stereocenters. The van der Waals surface area contributed by atoms with E-state index in [0.717, 1.165) is 38.5 Å². The zero-order valence-electron chi connectivity index (χ0n) is 38.0. The van der Waals surface area contributed by atoms with Crippen molar-refractivity contribution in [3.8, 4) is 0 Å². The SMILES string of the molecule is CCCCCCCCCC/C=C\CCCCCCCCCCCC(=O)NC(COP(=O)(O)OCCN)C(O)/C=C/CC/C=C/CCCCCCCCCCCCCC. The molecule has 0 heterocycles. The number of amides is 1. The number of rotatable bonds is 46. The smallest absolute Gasteiger partial charge is 0.387 e. The Kier molecular flexibility index (Phi) is 44.3. The van der Waals surface area contributed by atoms with Crippen molar-refractivity contribution in [3.05, 3.63) is 36.5 Å². The number of carbonyl (C=O) groups is 1. The third-order valence-electron chi connectivity index (χ3n) is 10.9. The molecule has 0 aliphatic rings. The molecular weight excluding hydrogens is 744 g/mol. The van der Waals surface area contributed by atoms with E-state index in [1.807, 2.05) is 6.08 Å². The molecule has 0 rings (SSSR count). The normalized spacial score (nSPS) is 14.2. The molecule has 0 spiro atoms. The minimum atomic E-state index is -4.35. The van der Waals surface area contributed by atoms with Crippen molar-refractivity contribution in [2.24, 2.45) is 5.73 Å². The first kappa shape index (κ1) is 56.7. The Morgan fingerprint density at radius 2 is 0.914 bits per heavy atom. The van der Waals surface area contributed by atoms with Crippen molar-refractivity contribution in [1.29, 1.82) is 0 Å². The number of phosphoric acid groups is 1. The van der Waals surface area contributed by atoms with Crippen molar-refractivity contribution in [2.75, 3.05) is 19.8 Å². The largest absolute Gasteiger partial charge is 0.472 e. The molecule has 0 aromatic carbocycles. The molecule has 0 fully saturated rings. The van der Waals surface area contributed by atoms with Gasteiger partial charge in [-0.3, -0.25) is 13.8 Å². The number of phosphoric ester groups is 1. The third kappa shape index (κ3) is 42.8. The van der Waals surface area contributed by atoms with Gasteiger partial charge in [-0.25, -0.2) is 4.57 Å². The number of aliphatic hydroxyl groups is 1. The van der Waals surface area contributed by atoms with Crippen LogP contribution in [-0.2, 0) is 18.4 Å². The van der Waals surface area contributed by atoms with E-state index in [9.17, 15) is 19.4 Å². The number of nitrogens with two attached hydrogens (primary N) is 1. The number of carbonyl (C=O) groups excluding carboxylic acids is 1. The Morgan fingerprint density at radius 3 is 1.33 bits per heavy atom. The average molecular weight is 839 g/mol. The van der Waals surface area contributed by atoms with Gasteiger partial charge in [0.2, 0.25) is 5.91 Å². The van der Waals surface area contributed by atoms with Crippen LogP contribution in [-0.4, -0.2) is 47.8 Å². The lowest BCUT2D eigenvalue weighted by Gasteiger charge is -2.23. The van der Waals surface area contributed by atoms with Gasteiger partial charge in [0.15, 0.2) is 0 Å². The van der Waals surface area contributed by atoms with Gasteiger partial charge in [0, 0.05) is 13.0 Å². The summed E-state index contributed by atoms with van der Waals surface area (Å²) in [6.45, 7) is 4.13. The van der Waals surface area contributed by atoms with Gasteiger partial charge in [0.1, 0.15) is 0 Å². The van der Waals surface area contributed by atoms with Gasteiger partial charge in [-0.15, -0.1) is 0 Å². The number of allylic oxidation sites excluding steroid dienone is 5. The Balaban J connectivity index is 4.16. The highest BCUT2D eigenvalue weighted by Crippen LogP contribution is 2.43. The van der Waals surface area contributed by atoms with Gasteiger partial charge >= 0.3 is 7.82 Å². The zero-order chi connectivity index (χ0) is 42.5. The molecule has 0 saturated carbocycles. The molecule has 8 nitrogen and oxygen atoms in total. The molecule has 58 heavy (non-hydrogen) atoms. The fourth-order valence-electron chi connectivity index (χ4n) is 7.20. The molecular formula is C49H95N2O6P. The summed E-state index contributed by atoms with van der Waals surface area (Å²) in [7, 11) is -4.35. The first-order valence-electron chi connectivity index (χ1n) is 24.6. The van der Waals surface area contributed by atoms with Crippen molar-refractivity contribution in [3.63, 3.8) is 0 Å². The molecule has 1 amide bonds. The van der Waals surface area contributed by atoms with Gasteiger partial charge in [-0.1, -0.05) is 211 Å². The van der Waals surface area contributed by atoms with Crippen LogP contribution in [0.2, 0.25) is 0 Å². The van der Waals surface area contributed by atoms with Gasteiger partial charge in [-0.05, 0) is 57.8 Å². The van der Waals surface area contributed by atoms with Crippen LogP contribution >= 0.6 is 7.82 Å². The second-order valence-corrected chi connectivity index (χ2v) is 18.1. The van der Waals surface area contributed by atoms with Crippen molar-refractivity contribution < 1.29 is 28.4 Å². The number of unbranched alkanes of at least 4 members (excludes halogenated alkanes) is 30. The summed E-state index contributed by atoms with van der Waals surface area (Å²) in [4.78, 5) is 22.8. The summed E-state index contributed by atoms with van der Waals surface area (Å²) in [5.74, 6) is -0.204. The van der Waals surface area contributed by atoms with E-state index in [2.05, 4.69) is 43.5 Å². The minimum absolute atomic E-state index is 0.0740. The van der Waals surface area contributed by atoms with Crippen LogP contribution in [0.25, 0.3) is 0 Å². The fraction of sp³-hybridized carbons (Fsp3) is 0.857. The highest BCUT2D eigenvalue weighted by atomic mass is 31.2.